The second-order valence-corrected chi connectivity index (χ2v) is 6.42. The number of carbonyl (C=O) groups is 1. The van der Waals surface area contributed by atoms with E-state index >= 15 is 0 Å². The SMILES string of the molecule is COC(=O)c1ccc(N(c2cc(F)c(Cl)cc2F)S(=O)(=O)O)c(C)n1. The Bertz CT molecular complexity index is 952. The van der Waals surface area contributed by atoms with Crippen molar-refractivity contribution in [3.05, 3.63) is 52.3 Å². The Kier molecular flexibility index (Phi) is 5.26. The second-order valence-electron chi connectivity index (χ2n) is 4.75. The van der Waals surface area contributed by atoms with Crippen LogP contribution in [0.15, 0.2) is 24.3 Å². The van der Waals surface area contributed by atoms with E-state index in [0.29, 0.717) is 12.1 Å². The summed E-state index contributed by atoms with van der Waals surface area (Å²) in [5.74, 6) is -3.07. The van der Waals surface area contributed by atoms with Crippen LogP contribution in [0, 0.1) is 18.6 Å². The number of hydrogen-bond acceptors (Lipinski definition) is 5. The zero-order chi connectivity index (χ0) is 18.9. The van der Waals surface area contributed by atoms with E-state index in [0.717, 1.165) is 19.2 Å². The Balaban J connectivity index is 2.69. The molecule has 0 aliphatic carbocycles. The molecule has 0 amide bonds. The number of ether oxygens (including phenoxy) is 1. The third-order valence-electron chi connectivity index (χ3n) is 3.11. The lowest BCUT2D eigenvalue weighted by Gasteiger charge is -2.23. The van der Waals surface area contributed by atoms with Crippen LogP contribution in [0.25, 0.3) is 0 Å². The summed E-state index contributed by atoms with van der Waals surface area (Å²) in [5, 5.41) is -0.563. The average molecular weight is 393 g/mol. The molecule has 1 aromatic heterocycles. The van der Waals surface area contributed by atoms with Crippen LogP contribution in [-0.2, 0) is 15.0 Å². The third-order valence-corrected chi connectivity index (χ3v) is 4.25. The smallest absolute Gasteiger partial charge is 0.364 e. The van der Waals surface area contributed by atoms with Gasteiger partial charge in [0.1, 0.15) is 17.3 Å². The molecule has 0 fully saturated rings. The van der Waals surface area contributed by atoms with Gasteiger partial charge in [0.25, 0.3) is 0 Å². The van der Waals surface area contributed by atoms with E-state index in [-0.39, 0.29) is 21.4 Å². The van der Waals surface area contributed by atoms with E-state index in [1.54, 1.807) is 0 Å². The predicted octanol–water partition coefficient (Wildman–Crippen LogP) is 3.05. The van der Waals surface area contributed by atoms with Gasteiger partial charge in [-0.25, -0.2) is 22.9 Å². The lowest BCUT2D eigenvalue weighted by molar-refractivity contribution is 0.0594. The van der Waals surface area contributed by atoms with Gasteiger partial charge in [-0.05, 0) is 25.1 Å². The number of anilines is 2. The molecule has 0 saturated heterocycles. The molecule has 0 atom stereocenters. The third kappa shape index (κ3) is 3.86. The number of carbonyl (C=O) groups excluding carboxylic acids is 1. The van der Waals surface area contributed by atoms with Gasteiger partial charge in [-0.15, -0.1) is 0 Å². The normalized spacial score (nSPS) is 11.3. The van der Waals surface area contributed by atoms with Crippen LogP contribution in [0.1, 0.15) is 16.2 Å². The highest BCUT2D eigenvalue weighted by Crippen LogP contribution is 2.34. The van der Waals surface area contributed by atoms with Gasteiger partial charge in [-0.3, -0.25) is 4.55 Å². The van der Waals surface area contributed by atoms with Gasteiger partial charge in [0.15, 0.2) is 0 Å². The van der Waals surface area contributed by atoms with Crippen LogP contribution in [-0.4, -0.2) is 31.0 Å². The van der Waals surface area contributed by atoms with E-state index < -0.39 is 38.6 Å². The predicted molar refractivity (Wildman–Crippen MR) is 85.4 cm³/mol. The number of aromatic nitrogens is 1. The lowest BCUT2D eigenvalue weighted by Crippen LogP contribution is -2.27. The molecule has 0 aliphatic heterocycles. The largest absolute Gasteiger partial charge is 0.464 e. The first kappa shape index (κ1) is 19.0. The van der Waals surface area contributed by atoms with Gasteiger partial charge in [0.2, 0.25) is 0 Å². The quantitative estimate of drug-likeness (QED) is 0.488. The van der Waals surface area contributed by atoms with E-state index in [2.05, 4.69) is 9.72 Å². The van der Waals surface area contributed by atoms with Gasteiger partial charge >= 0.3 is 16.3 Å². The summed E-state index contributed by atoms with van der Waals surface area (Å²) in [5.41, 5.74) is -1.30. The van der Waals surface area contributed by atoms with E-state index in [4.69, 9.17) is 11.6 Å². The van der Waals surface area contributed by atoms with Crippen molar-refractivity contribution in [1.29, 1.82) is 0 Å². The zero-order valence-electron chi connectivity index (χ0n) is 12.8. The molecule has 0 bridgehead atoms. The van der Waals surface area contributed by atoms with Gasteiger partial charge in [0, 0.05) is 6.07 Å². The minimum atomic E-state index is -5.06. The van der Waals surface area contributed by atoms with Crippen molar-refractivity contribution >= 4 is 39.2 Å². The molecule has 1 aromatic carbocycles. The van der Waals surface area contributed by atoms with Crippen LogP contribution in [0.3, 0.4) is 0 Å². The van der Waals surface area contributed by atoms with E-state index in [1.807, 2.05) is 0 Å². The summed E-state index contributed by atoms with van der Waals surface area (Å²) < 4.78 is 65.4. The fourth-order valence-electron chi connectivity index (χ4n) is 2.03. The van der Waals surface area contributed by atoms with E-state index in [1.165, 1.54) is 6.92 Å². The topological polar surface area (TPSA) is 96.8 Å². The van der Waals surface area contributed by atoms with E-state index in [9.17, 15) is 26.5 Å². The Labute approximate surface area is 146 Å². The molecule has 11 heteroatoms. The molecular weight excluding hydrogens is 382 g/mol. The zero-order valence-corrected chi connectivity index (χ0v) is 14.4. The maximum atomic E-state index is 14.1. The fourth-order valence-corrected chi connectivity index (χ4v) is 3.01. The molecule has 0 aliphatic rings. The molecule has 0 spiro atoms. The molecule has 0 unspecified atom stereocenters. The summed E-state index contributed by atoms with van der Waals surface area (Å²) >= 11 is 5.44. The first-order chi connectivity index (χ1) is 11.6. The molecule has 1 N–H and O–H groups in total. The number of pyridine rings is 1. The number of hydrogen-bond donors (Lipinski definition) is 1. The van der Waals surface area contributed by atoms with Crippen molar-refractivity contribution in [3.63, 3.8) is 0 Å². The molecule has 134 valence electrons. The van der Waals surface area contributed by atoms with Gasteiger partial charge < -0.3 is 4.74 Å². The molecule has 0 saturated carbocycles. The summed E-state index contributed by atoms with van der Waals surface area (Å²) in [6.45, 7) is 1.31. The molecule has 25 heavy (non-hydrogen) atoms. The standard InChI is InChI=1S/C14H11ClF2N2O5S/c1-7-12(4-3-11(18-7)14(20)24-2)19(25(21,22)23)13-6-9(16)8(15)5-10(13)17/h3-6H,1-2H3,(H,21,22,23). The van der Waals surface area contributed by atoms with Gasteiger partial charge in [-0.2, -0.15) is 8.42 Å². The second kappa shape index (κ2) is 6.90. The highest BCUT2D eigenvalue weighted by atomic mass is 35.5. The first-order valence-corrected chi connectivity index (χ1v) is 8.32. The number of halogens is 3. The van der Waals surface area contributed by atoms with Crippen LogP contribution in [0.4, 0.5) is 20.2 Å². The summed E-state index contributed by atoms with van der Waals surface area (Å²) in [6, 6.07) is 3.28. The minimum absolute atomic E-state index is 0.0599. The van der Waals surface area contributed by atoms with Crippen molar-refractivity contribution in [3.8, 4) is 0 Å². The van der Waals surface area contributed by atoms with Crippen LogP contribution >= 0.6 is 11.6 Å². The monoisotopic (exact) mass is 392 g/mol. The summed E-state index contributed by atoms with van der Waals surface area (Å²) in [6.07, 6.45) is 0. The van der Waals surface area contributed by atoms with Gasteiger partial charge in [0.05, 0.1) is 29.2 Å². The minimum Gasteiger partial charge on any atom is -0.464 e. The Morgan fingerprint density at radius 3 is 2.40 bits per heavy atom. The van der Waals surface area contributed by atoms with Crippen LogP contribution in [0.2, 0.25) is 5.02 Å². The van der Waals surface area contributed by atoms with Gasteiger partial charge in [-0.1, -0.05) is 11.6 Å². The van der Waals surface area contributed by atoms with Crippen molar-refractivity contribution in [2.75, 3.05) is 11.4 Å². The van der Waals surface area contributed by atoms with Crippen molar-refractivity contribution in [2.24, 2.45) is 0 Å². The lowest BCUT2D eigenvalue weighted by atomic mass is 10.2. The number of benzene rings is 1. The van der Waals surface area contributed by atoms with Crippen molar-refractivity contribution in [1.82, 2.24) is 4.98 Å². The maximum Gasteiger partial charge on any atom is 0.364 e. The Morgan fingerprint density at radius 2 is 1.88 bits per heavy atom. The molecule has 2 aromatic rings. The molecule has 0 radical (unpaired) electrons. The number of rotatable bonds is 4. The molecule has 7 nitrogen and oxygen atoms in total. The highest BCUT2D eigenvalue weighted by Gasteiger charge is 2.28. The molecule has 1 heterocycles. The average Bonchev–Trinajstić information content (AvgIpc) is 2.52. The highest BCUT2D eigenvalue weighted by molar-refractivity contribution is 7.87. The number of methoxy groups -OCH3 is 1. The first-order valence-electron chi connectivity index (χ1n) is 6.54. The molecular formula is C14H11ClF2N2O5S. The maximum absolute atomic E-state index is 14.1. The van der Waals surface area contributed by atoms with Crippen LogP contribution < -0.4 is 4.31 Å². The number of esters is 1. The Morgan fingerprint density at radius 1 is 1.24 bits per heavy atom. The Hall–Kier alpha value is -2.30. The number of aryl methyl sites for hydroxylation is 1. The van der Waals surface area contributed by atoms with Crippen molar-refractivity contribution in [2.45, 2.75) is 6.92 Å². The van der Waals surface area contributed by atoms with Crippen molar-refractivity contribution < 1.29 is 31.3 Å². The fraction of sp³-hybridized carbons (Fsp3) is 0.143. The number of nitrogens with zero attached hydrogens (tertiary/aromatic N) is 2. The van der Waals surface area contributed by atoms with Crippen LogP contribution in [0.5, 0.6) is 0 Å². The molecule has 2 rings (SSSR count). The summed E-state index contributed by atoms with van der Waals surface area (Å²) in [4.78, 5) is 15.3. The summed E-state index contributed by atoms with van der Waals surface area (Å²) in [7, 11) is -3.93.